The Kier molecular flexibility index (Phi) is 5.33. The molecular formula is C23H21FN4O2S. The van der Waals surface area contributed by atoms with E-state index in [2.05, 4.69) is 5.10 Å². The Morgan fingerprint density at radius 1 is 1.19 bits per heavy atom. The van der Waals surface area contributed by atoms with Crippen LogP contribution in [0.4, 0.5) is 4.39 Å². The Morgan fingerprint density at radius 2 is 2.03 bits per heavy atom. The van der Waals surface area contributed by atoms with Gasteiger partial charge in [-0.1, -0.05) is 42.1 Å². The first-order valence-corrected chi connectivity index (χ1v) is 11.1. The number of rotatable bonds is 6. The van der Waals surface area contributed by atoms with Crippen molar-refractivity contribution in [3.63, 3.8) is 0 Å². The molecule has 1 aliphatic rings. The van der Waals surface area contributed by atoms with Gasteiger partial charge >= 0.3 is 0 Å². The fourth-order valence-electron chi connectivity index (χ4n) is 3.64. The zero-order valence-corrected chi connectivity index (χ0v) is 17.8. The molecule has 2 aromatic heterocycles. The third-order valence-electron chi connectivity index (χ3n) is 5.33. The second kappa shape index (κ2) is 8.28. The lowest BCUT2D eigenvalue weighted by molar-refractivity contribution is -0.0407. The van der Waals surface area contributed by atoms with Crippen LogP contribution < -0.4 is 5.56 Å². The summed E-state index contributed by atoms with van der Waals surface area (Å²) in [6.07, 6.45) is 1.78. The van der Waals surface area contributed by atoms with Crippen LogP contribution in [0.3, 0.4) is 0 Å². The van der Waals surface area contributed by atoms with Crippen molar-refractivity contribution in [2.45, 2.75) is 24.4 Å². The number of hydrogen-bond donors (Lipinski definition) is 0. The second-order valence-corrected chi connectivity index (χ2v) is 8.67. The molecule has 2 aromatic carbocycles. The van der Waals surface area contributed by atoms with Crippen molar-refractivity contribution in [3.8, 4) is 5.69 Å². The molecule has 0 saturated carbocycles. The van der Waals surface area contributed by atoms with Gasteiger partial charge in [0.2, 0.25) is 0 Å². The summed E-state index contributed by atoms with van der Waals surface area (Å²) in [4.78, 5) is 18.3. The van der Waals surface area contributed by atoms with Crippen LogP contribution in [0.1, 0.15) is 11.1 Å². The molecule has 0 spiro atoms. The molecular weight excluding hydrogens is 415 g/mol. The summed E-state index contributed by atoms with van der Waals surface area (Å²) in [6.45, 7) is 4.09. The zero-order valence-electron chi connectivity index (χ0n) is 17.0. The van der Waals surface area contributed by atoms with Gasteiger partial charge in [0, 0.05) is 24.4 Å². The minimum absolute atomic E-state index is 0.155. The highest BCUT2D eigenvalue weighted by Gasteiger charge is 2.21. The average Bonchev–Trinajstić information content (AvgIpc) is 3.13. The highest BCUT2D eigenvalue weighted by atomic mass is 32.2. The van der Waals surface area contributed by atoms with Crippen LogP contribution in [0.2, 0.25) is 0 Å². The molecule has 0 N–H and O–H groups in total. The lowest BCUT2D eigenvalue weighted by Crippen LogP contribution is -2.31. The Morgan fingerprint density at radius 3 is 2.77 bits per heavy atom. The number of benzene rings is 2. The number of hydrogen-bond acceptors (Lipinski definition) is 5. The van der Waals surface area contributed by atoms with Crippen LogP contribution in [-0.2, 0) is 17.0 Å². The minimum atomic E-state index is -0.281. The van der Waals surface area contributed by atoms with Crippen LogP contribution in [0.5, 0.6) is 0 Å². The number of fused-ring (bicyclic) bond motifs is 1. The fraction of sp³-hybridized carbons (Fsp3) is 0.261. The van der Waals surface area contributed by atoms with Gasteiger partial charge in [0.25, 0.3) is 5.56 Å². The molecule has 4 aromatic rings. The molecule has 3 heterocycles. The van der Waals surface area contributed by atoms with Crippen molar-refractivity contribution in [1.82, 2.24) is 19.3 Å². The molecule has 0 aliphatic carbocycles. The van der Waals surface area contributed by atoms with Crippen molar-refractivity contribution in [2.75, 3.05) is 13.2 Å². The van der Waals surface area contributed by atoms with E-state index in [1.165, 1.54) is 23.9 Å². The zero-order chi connectivity index (χ0) is 21.4. The van der Waals surface area contributed by atoms with Gasteiger partial charge in [-0.15, -0.1) is 0 Å². The van der Waals surface area contributed by atoms with E-state index in [-0.39, 0.29) is 11.4 Å². The number of aromatic nitrogens is 4. The smallest absolute Gasteiger partial charge is 0.269 e. The van der Waals surface area contributed by atoms with Crippen molar-refractivity contribution in [2.24, 2.45) is 5.92 Å². The van der Waals surface area contributed by atoms with E-state index in [1.54, 1.807) is 21.5 Å². The molecule has 0 radical (unpaired) electrons. The number of nitrogens with zero attached hydrogens (tertiary/aromatic N) is 4. The largest absolute Gasteiger partial charge is 0.381 e. The van der Waals surface area contributed by atoms with Crippen molar-refractivity contribution in [3.05, 3.63) is 82.0 Å². The summed E-state index contributed by atoms with van der Waals surface area (Å²) < 4.78 is 22.3. The molecule has 0 bridgehead atoms. The Hall–Kier alpha value is -2.97. The van der Waals surface area contributed by atoms with E-state index in [9.17, 15) is 9.18 Å². The molecule has 158 valence electrons. The average molecular weight is 437 g/mol. The molecule has 1 fully saturated rings. The van der Waals surface area contributed by atoms with Gasteiger partial charge in [0.05, 0.1) is 18.9 Å². The molecule has 31 heavy (non-hydrogen) atoms. The molecule has 8 heteroatoms. The maximum atomic E-state index is 13.6. The van der Waals surface area contributed by atoms with Crippen molar-refractivity contribution >= 4 is 22.8 Å². The summed E-state index contributed by atoms with van der Waals surface area (Å²) in [6, 6.07) is 14.2. The van der Waals surface area contributed by atoms with Gasteiger partial charge in [-0.2, -0.15) is 5.10 Å². The summed E-state index contributed by atoms with van der Waals surface area (Å²) in [5, 5.41) is 5.57. The van der Waals surface area contributed by atoms with Crippen LogP contribution >= 0.6 is 11.8 Å². The SMILES string of the molecule is Cc1ccccc1-n1c(SCc2cccc(F)c2)nc2nn(CC3COC3)cc2c1=O. The van der Waals surface area contributed by atoms with E-state index in [1.807, 2.05) is 37.3 Å². The minimum Gasteiger partial charge on any atom is -0.381 e. The molecule has 6 nitrogen and oxygen atoms in total. The molecule has 1 aliphatic heterocycles. The first kappa shape index (κ1) is 20.0. The summed E-state index contributed by atoms with van der Waals surface area (Å²) >= 11 is 1.40. The number of thioether (sulfide) groups is 1. The lowest BCUT2D eigenvalue weighted by Gasteiger charge is -2.25. The summed E-state index contributed by atoms with van der Waals surface area (Å²) in [5.41, 5.74) is 2.85. The van der Waals surface area contributed by atoms with Gasteiger partial charge in [-0.25, -0.2) is 9.37 Å². The standard InChI is InChI=1S/C23H21FN4O2S/c1-15-5-2-3-8-20(15)28-22(29)19-11-27(10-17-12-30-13-17)26-21(19)25-23(28)31-14-16-6-4-7-18(24)9-16/h2-9,11,17H,10,12-14H2,1H3. The maximum absolute atomic E-state index is 13.6. The Bertz CT molecular complexity index is 1310. The second-order valence-electron chi connectivity index (χ2n) is 7.73. The quantitative estimate of drug-likeness (QED) is 0.338. The van der Waals surface area contributed by atoms with E-state index in [0.29, 0.717) is 47.6 Å². The summed E-state index contributed by atoms with van der Waals surface area (Å²) in [5.74, 6) is 0.619. The van der Waals surface area contributed by atoms with Crippen LogP contribution in [0.15, 0.2) is 64.7 Å². The highest BCUT2D eigenvalue weighted by molar-refractivity contribution is 7.98. The molecule has 1 saturated heterocycles. The van der Waals surface area contributed by atoms with Gasteiger partial charge < -0.3 is 4.74 Å². The number of halogens is 1. The first-order chi connectivity index (χ1) is 15.1. The Labute approximate surface area is 182 Å². The molecule has 0 atom stereocenters. The predicted octanol–water partition coefficient (Wildman–Crippen LogP) is 3.97. The predicted molar refractivity (Wildman–Crippen MR) is 118 cm³/mol. The topological polar surface area (TPSA) is 61.9 Å². The maximum Gasteiger partial charge on any atom is 0.269 e. The molecule has 0 unspecified atom stereocenters. The van der Waals surface area contributed by atoms with Crippen LogP contribution in [0.25, 0.3) is 16.7 Å². The number of ether oxygens (including phenoxy) is 1. The summed E-state index contributed by atoms with van der Waals surface area (Å²) in [7, 11) is 0. The lowest BCUT2D eigenvalue weighted by atomic mass is 10.1. The van der Waals surface area contributed by atoms with Crippen LogP contribution in [-0.4, -0.2) is 32.5 Å². The molecule has 5 rings (SSSR count). The highest BCUT2D eigenvalue weighted by Crippen LogP contribution is 2.26. The normalized spacial score (nSPS) is 14.1. The third kappa shape index (κ3) is 4.00. The van der Waals surface area contributed by atoms with E-state index in [0.717, 1.165) is 16.8 Å². The van der Waals surface area contributed by atoms with Crippen molar-refractivity contribution in [1.29, 1.82) is 0 Å². The Balaban J connectivity index is 1.59. The van der Waals surface area contributed by atoms with Gasteiger partial charge in [-0.3, -0.25) is 14.0 Å². The van der Waals surface area contributed by atoms with E-state index >= 15 is 0 Å². The fourth-order valence-corrected chi connectivity index (χ4v) is 4.58. The monoisotopic (exact) mass is 436 g/mol. The number of para-hydroxylation sites is 1. The van der Waals surface area contributed by atoms with E-state index < -0.39 is 0 Å². The molecule has 0 amide bonds. The first-order valence-electron chi connectivity index (χ1n) is 10.1. The number of aryl methyl sites for hydroxylation is 1. The van der Waals surface area contributed by atoms with Gasteiger partial charge in [-0.05, 0) is 36.2 Å². The van der Waals surface area contributed by atoms with Crippen LogP contribution in [0, 0.1) is 18.7 Å². The van der Waals surface area contributed by atoms with Gasteiger partial charge in [0.1, 0.15) is 11.2 Å². The van der Waals surface area contributed by atoms with E-state index in [4.69, 9.17) is 9.72 Å². The third-order valence-corrected chi connectivity index (χ3v) is 6.34. The van der Waals surface area contributed by atoms with Gasteiger partial charge in [0.15, 0.2) is 10.8 Å². The van der Waals surface area contributed by atoms with Crippen molar-refractivity contribution < 1.29 is 9.13 Å².